The van der Waals surface area contributed by atoms with E-state index in [-0.39, 0.29) is 5.91 Å². The van der Waals surface area contributed by atoms with E-state index in [2.05, 4.69) is 12.2 Å². The Labute approximate surface area is 137 Å². The van der Waals surface area contributed by atoms with E-state index in [0.717, 1.165) is 29.5 Å². The molecule has 0 aliphatic carbocycles. The first-order valence-electron chi connectivity index (χ1n) is 8.25. The molecule has 1 aromatic carbocycles. The number of amides is 1. The number of carbonyl (C=O) groups excluding carboxylic acids is 1. The average molecular weight is 318 g/mol. The van der Waals surface area contributed by atoms with E-state index in [0.29, 0.717) is 32.0 Å². The Morgan fingerprint density at radius 1 is 1.30 bits per heavy atom. The van der Waals surface area contributed by atoms with E-state index in [1.165, 1.54) is 0 Å². The van der Waals surface area contributed by atoms with Crippen LogP contribution in [0.5, 0.6) is 5.75 Å². The smallest absolute Gasteiger partial charge is 0.267 e. The molecule has 1 aromatic heterocycles. The summed E-state index contributed by atoms with van der Waals surface area (Å²) < 4.78 is 12.9. The van der Waals surface area contributed by atoms with Gasteiger partial charge in [-0.1, -0.05) is 19.4 Å². The molecule has 5 heteroatoms. The number of hydrogen-bond acceptors (Lipinski definition) is 3. The van der Waals surface area contributed by atoms with Gasteiger partial charge in [0.15, 0.2) is 0 Å². The van der Waals surface area contributed by atoms with Gasteiger partial charge in [0, 0.05) is 25.6 Å². The van der Waals surface area contributed by atoms with Gasteiger partial charge in [-0.2, -0.15) is 0 Å². The number of nitrogens with one attached hydrogen (secondary N) is 1. The number of ether oxygens (including phenoxy) is 2. The maximum Gasteiger partial charge on any atom is 0.267 e. The largest absolute Gasteiger partial charge is 0.493 e. The molecule has 0 saturated carbocycles. The van der Waals surface area contributed by atoms with Crippen LogP contribution in [0.4, 0.5) is 0 Å². The Morgan fingerprint density at radius 3 is 2.83 bits per heavy atom. The third-order valence-corrected chi connectivity index (χ3v) is 3.77. The van der Waals surface area contributed by atoms with Gasteiger partial charge in [-0.05, 0) is 31.5 Å². The lowest BCUT2D eigenvalue weighted by Gasteiger charge is -2.11. The van der Waals surface area contributed by atoms with Crippen molar-refractivity contribution >= 4 is 16.8 Å². The molecule has 126 valence electrons. The summed E-state index contributed by atoms with van der Waals surface area (Å²) in [5.74, 6) is 0.761. The van der Waals surface area contributed by atoms with Crippen molar-refractivity contribution in [3.63, 3.8) is 0 Å². The molecule has 0 aliphatic rings. The number of hydrogen-bond donors (Lipinski definition) is 1. The SMILES string of the molecule is CCCCNC(=O)c1cc2c(OCC)cccc2n1CCOC. The van der Waals surface area contributed by atoms with Gasteiger partial charge < -0.3 is 19.4 Å². The number of unbranched alkanes of at least 4 members (excludes halogenated alkanes) is 1. The topological polar surface area (TPSA) is 52.5 Å². The number of methoxy groups -OCH3 is 1. The van der Waals surface area contributed by atoms with E-state index in [1.807, 2.05) is 35.8 Å². The molecular formula is C18H26N2O3. The van der Waals surface area contributed by atoms with Gasteiger partial charge in [-0.3, -0.25) is 4.79 Å². The first kappa shape index (κ1) is 17.3. The molecule has 0 saturated heterocycles. The molecular weight excluding hydrogens is 292 g/mol. The third-order valence-electron chi connectivity index (χ3n) is 3.77. The summed E-state index contributed by atoms with van der Waals surface area (Å²) in [6.07, 6.45) is 2.04. The Kier molecular flexibility index (Phi) is 6.47. The zero-order chi connectivity index (χ0) is 16.7. The van der Waals surface area contributed by atoms with Crippen LogP contribution in [0.1, 0.15) is 37.2 Å². The molecule has 1 N–H and O–H groups in total. The van der Waals surface area contributed by atoms with E-state index in [4.69, 9.17) is 9.47 Å². The molecule has 0 atom stereocenters. The highest BCUT2D eigenvalue weighted by Crippen LogP contribution is 2.29. The number of nitrogens with zero attached hydrogens (tertiary/aromatic N) is 1. The van der Waals surface area contributed by atoms with Crippen molar-refractivity contribution < 1.29 is 14.3 Å². The van der Waals surface area contributed by atoms with Gasteiger partial charge >= 0.3 is 0 Å². The van der Waals surface area contributed by atoms with Crippen molar-refractivity contribution in [2.75, 3.05) is 26.9 Å². The number of fused-ring (bicyclic) bond motifs is 1. The fourth-order valence-corrected chi connectivity index (χ4v) is 2.62. The first-order valence-corrected chi connectivity index (χ1v) is 8.25. The van der Waals surface area contributed by atoms with E-state index < -0.39 is 0 Å². The quantitative estimate of drug-likeness (QED) is 0.722. The van der Waals surface area contributed by atoms with Gasteiger partial charge in [0.1, 0.15) is 11.4 Å². The van der Waals surface area contributed by atoms with Crippen LogP contribution in [0.25, 0.3) is 10.9 Å². The van der Waals surface area contributed by atoms with Crippen molar-refractivity contribution in [2.45, 2.75) is 33.2 Å². The van der Waals surface area contributed by atoms with Gasteiger partial charge in [0.25, 0.3) is 5.91 Å². The second-order valence-electron chi connectivity index (χ2n) is 5.41. The van der Waals surface area contributed by atoms with Crippen molar-refractivity contribution in [2.24, 2.45) is 0 Å². The molecule has 0 unspecified atom stereocenters. The number of aromatic nitrogens is 1. The molecule has 0 bridgehead atoms. The molecule has 2 rings (SSSR count). The Balaban J connectivity index is 2.40. The van der Waals surface area contributed by atoms with Gasteiger partial charge in [-0.25, -0.2) is 0 Å². The first-order chi connectivity index (χ1) is 11.2. The van der Waals surface area contributed by atoms with E-state index >= 15 is 0 Å². The molecule has 1 heterocycles. The van der Waals surface area contributed by atoms with Crippen LogP contribution >= 0.6 is 0 Å². The summed E-state index contributed by atoms with van der Waals surface area (Å²) in [5.41, 5.74) is 1.65. The average Bonchev–Trinajstić information content (AvgIpc) is 2.93. The van der Waals surface area contributed by atoms with Crippen LogP contribution in [0, 0.1) is 0 Å². The lowest BCUT2D eigenvalue weighted by molar-refractivity contribution is 0.0941. The fraction of sp³-hybridized carbons (Fsp3) is 0.500. The second kappa shape index (κ2) is 8.58. The summed E-state index contributed by atoms with van der Waals surface area (Å²) in [6, 6.07) is 7.81. The van der Waals surface area contributed by atoms with E-state index in [9.17, 15) is 4.79 Å². The fourth-order valence-electron chi connectivity index (χ4n) is 2.62. The summed E-state index contributed by atoms with van der Waals surface area (Å²) in [4.78, 5) is 12.5. The molecule has 0 fully saturated rings. The van der Waals surface area contributed by atoms with Crippen molar-refractivity contribution in [1.29, 1.82) is 0 Å². The van der Waals surface area contributed by atoms with Crippen molar-refractivity contribution in [1.82, 2.24) is 9.88 Å². The maximum atomic E-state index is 12.5. The zero-order valence-electron chi connectivity index (χ0n) is 14.2. The van der Waals surface area contributed by atoms with Gasteiger partial charge in [-0.15, -0.1) is 0 Å². The highest BCUT2D eigenvalue weighted by molar-refractivity contribution is 6.00. The molecule has 2 aromatic rings. The standard InChI is InChI=1S/C18H26N2O3/c1-4-6-10-19-18(21)16-13-14-15(20(16)11-12-22-3)8-7-9-17(14)23-5-2/h7-9,13H,4-6,10-12H2,1-3H3,(H,19,21). The highest BCUT2D eigenvalue weighted by atomic mass is 16.5. The molecule has 23 heavy (non-hydrogen) atoms. The van der Waals surface area contributed by atoms with Crippen LogP contribution in [0.15, 0.2) is 24.3 Å². The van der Waals surface area contributed by atoms with Gasteiger partial charge in [0.05, 0.1) is 18.7 Å². The molecule has 0 aliphatic heterocycles. The summed E-state index contributed by atoms with van der Waals surface area (Å²) in [5, 5.41) is 3.95. The minimum Gasteiger partial charge on any atom is -0.493 e. The lowest BCUT2D eigenvalue weighted by atomic mass is 10.2. The van der Waals surface area contributed by atoms with E-state index in [1.54, 1.807) is 7.11 Å². The highest BCUT2D eigenvalue weighted by Gasteiger charge is 2.17. The number of rotatable bonds is 9. The molecule has 1 amide bonds. The normalized spacial score (nSPS) is 10.9. The van der Waals surface area contributed by atoms with Crippen LogP contribution < -0.4 is 10.1 Å². The minimum atomic E-state index is -0.0480. The summed E-state index contributed by atoms with van der Waals surface area (Å²) in [7, 11) is 1.66. The zero-order valence-corrected chi connectivity index (χ0v) is 14.2. The predicted molar refractivity (Wildman–Crippen MR) is 92.2 cm³/mol. The second-order valence-corrected chi connectivity index (χ2v) is 5.41. The van der Waals surface area contributed by atoms with Crippen LogP contribution in [0.2, 0.25) is 0 Å². The molecule has 5 nitrogen and oxygen atoms in total. The summed E-state index contributed by atoms with van der Waals surface area (Å²) in [6.45, 7) is 6.54. The Bertz CT molecular complexity index is 649. The Hall–Kier alpha value is -2.01. The minimum absolute atomic E-state index is 0.0480. The molecule has 0 spiro atoms. The Morgan fingerprint density at radius 2 is 2.13 bits per heavy atom. The summed E-state index contributed by atoms with van der Waals surface area (Å²) >= 11 is 0. The van der Waals surface area contributed by atoms with Crippen LogP contribution in [-0.2, 0) is 11.3 Å². The van der Waals surface area contributed by atoms with Gasteiger partial charge in [0.2, 0.25) is 0 Å². The monoisotopic (exact) mass is 318 g/mol. The predicted octanol–water partition coefficient (Wildman–Crippen LogP) is 3.22. The van der Waals surface area contributed by atoms with Crippen molar-refractivity contribution in [3.8, 4) is 5.75 Å². The van der Waals surface area contributed by atoms with Crippen LogP contribution in [-0.4, -0.2) is 37.3 Å². The van der Waals surface area contributed by atoms with Crippen LogP contribution in [0.3, 0.4) is 0 Å². The molecule has 0 radical (unpaired) electrons. The maximum absolute atomic E-state index is 12.5. The number of carbonyl (C=O) groups is 1. The lowest BCUT2D eigenvalue weighted by Crippen LogP contribution is -2.27. The third kappa shape index (κ3) is 4.05. The number of benzene rings is 1. The van der Waals surface area contributed by atoms with Crippen molar-refractivity contribution in [3.05, 3.63) is 30.0 Å².